The van der Waals surface area contributed by atoms with Crippen molar-refractivity contribution in [2.45, 2.75) is 271 Å². The third-order valence-corrected chi connectivity index (χ3v) is 12.2. The molecule has 6 heteroatoms. The molecule has 56 heavy (non-hydrogen) atoms. The highest BCUT2D eigenvalue weighted by Crippen LogP contribution is 2.45. The van der Waals surface area contributed by atoms with Crippen LogP contribution in [0.4, 0.5) is 0 Å². The molecule has 0 aromatic heterocycles. The Morgan fingerprint density at radius 3 is 0.964 bits per heavy atom. The number of hydrogen-bond acceptors (Lipinski definition) is 5. The van der Waals surface area contributed by atoms with E-state index in [9.17, 15) is 0 Å². The highest BCUT2D eigenvalue weighted by Gasteiger charge is 2.26. The summed E-state index contributed by atoms with van der Waals surface area (Å²) >= 11 is 0. The fourth-order valence-electron chi connectivity index (χ4n) is 7.30. The van der Waals surface area contributed by atoms with Crippen molar-refractivity contribution in [2.75, 3.05) is 13.2 Å². The molecule has 0 aliphatic heterocycles. The van der Waals surface area contributed by atoms with E-state index in [1.807, 2.05) is 30.3 Å². The van der Waals surface area contributed by atoms with Crippen LogP contribution in [0.3, 0.4) is 0 Å². The van der Waals surface area contributed by atoms with Gasteiger partial charge in [0.25, 0.3) is 0 Å². The molecule has 0 aliphatic carbocycles. The molecule has 0 aliphatic rings. The Kier molecular flexibility index (Phi) is 41.7. The quantitative estimate of drug-likeness (QED) is 0.0373. The predicted molar refractivity (Wildman–Crippen MR) is 245 cm³/mol. The van der Waals surface area contributed by atoms with Gasteiger partial charge in [0.15, 0.2) is 12.6 Å². The Balaban J connectivity index is 2.85. The lowest BCUT2D eigenvalue weighted by atomic mass is 10.1. The Morgan fingerprint density at radius 2 is 0.643 bits per heavy atom. The van der Waals surface area contributed by atoms with Gasteiger partial charge in [-0.3, -0.25) is 9.05 Å². The molecule has 0 bridgehead atoms. The van der Waals surface area contributed by atoms with Crippen molar-refractivity contribution < 1.29 is 23.0 Å². The van der Waals surface area contributed by atoms with Gasteiger partial charge in [-0.1, -0.05) is 239 Å². The molecule has 0 saturated carbocycles. The van der Waals surface area contributed by atoms with E-state index >= 15 is 0 Å². The number of para-hydroxylation sites is 1. The van der Waals surface area contributed by atoms with E-state index < -0.39 is 8.60 Å². The minimum atomic E-state index is -1.71. The van der Waals surface area contributed by atoms with E-state index in [2.05, 4.69) is 27.7 Å². The summed E-state index contributed by atoms with van der Waals surface area (Å²) in [5.41, 5.74) is 0. The van der Waals surface area contributed by atoms with E-state index in [0.717, 1.165) is 57.5 Å². The number of hydrogen-bond donors (Lipinski definition) is 0. The predicted octanol–water partition coefficient (Wildman–Crippen LogP) is 18.1. The van der Waals surface area contributed by atoms with Crippen LogP contribution in [0, 0.1) is 0 Å². The molecular weight excluding hydrogens is 712 g/mol. The zero-order valence-corrected chi connectivity index (χ0v) is 38.8. The van der Waals surface area contributed by atoms with Gasteiger partial charge in [0.2, 0.25) is 0 Å². The summed E-state index contributed by atoms with van der Waals surface area (Å²) in [6, 6.07) is 10.0. The van der Waals surface area contributed by atoms with Crippen LogP contribution in [-0.2, 0) is 18.5 Å². The van der Waals surface area contributed by atoms with E-state index in [-0.39, 0.29) is 12.6 Å². The normalized spacial score (nSPS) is 13.3. The number of unbranched alkanes of at least 4 members (excludes halogenated alkanes) is 30. The summed E-state index contributed by atoms with van der Waals surface area (Å²) in [6.45, 7) is 10.6. The third-order valence-electron chi connectivity index (χ3n) is 11.0. The summed E-state index contributed by atoms with van der Waals surface area (Å²) in [4.78, 5) is 0. The molecule has 0 radical (unpaired) electrons. The fraction of sp³-hybridized carbons (Fsp3) is 0.880. The van der Waals surface area contributed by atoms with E-state index in [1.54, 1.807) is 0 Å². The van der Waals surface area contributed by atoms with Crippen molar-refractivity contribution in [3.05, 3.63) is 30.3 Å². The number of benzene rings is 1. The van der Waals surface area contributed by atoms with Gasteiger partial charge in [0, 0.05) is 13.2 Å². The van der Waals surface area contributed by atoms with Crippen LogP contribution < -0.4 is 4.52 Å². The fourth-order valence-corrected chi connectivity index (χ4v) is 8.45. The van der Waals surface area contributed by atoms with E-state index in [4.69, 9.17) is 23.0 Å². The molecule has 330 valence electrons. The van der Waals surface area contributed by atoms with Crippen molar-refractivity contribution in [2.24, 2.45) is 0 Å². The van der Waals surface area contributed by atoms with Crippen LogP contribution in [0.5, 0.6) is 5.75 Å². The lowest BCUT2D eigenvalue weighted by Crippen LogP contribution is -2.22. The van der Waals surface area contributed by atoms with Crippen LogP contribution in [0.1, 0.15) is 259 Å². The molecule has 5 nitrogen and oxygen atoms in total. The van der Waals surface area contributed by atoms with Crippen molar-refractivity contribution in [1.82, 2.24) is 0 Å². The summed E-state index contributed by atoms with van der Waals surface area (Å²) in [7, 11) is -1.71. The first-order chi connectivity index (χ1) is 27.7. The van der Waals surface area contributed by atoms with Crippen LogP contribution >= 0.6 is 8.60 Å². The topological polar surface area (TPSA) is 46.2 Å². The molecule has 0 spiro atoms. The number of rotatable bonds is 46. The average molecular weight is 807 g/mol. The first-order valence-electron chi connectivity index (χ1n) is 24.8. The summed E-state index contributed by atoms with van der Waals surface area (Å²) in [5, 5.41) is 0. The zero-order chi connectivity index (χ0) is 40.3. The maximum absolute atomic E-state index is 6.73. The van der Waals surface area contributed by atoms with Crippen LogP contribution in [-0.4, -0.2) is 25.8 Å². The lowest BCUT2D eigenvalue weighted by Gasteiger charge is -2.27. The molecule has 2 atom stereocenters. The third kappa shape index (κ3) is 36.4. The molecule has 1 aromatic rings. The van der Waals surface area contributed by atoms with Crippen LogP contribution in [0.25, 0.3) is 0 Å². The van der Waals surface area contributed by atoms with Crippen molar-refractivity contribution in [3.8, 4) is 5.75 Å². The van der Waals surface area contributed by atoms with Gasteiger partial charge in [-0.2, -0.15) is 0 Å². The molecule has 0 saturated heterocycles. The van der Waals surface area contributed by atoms with Gasteiger partial charge < -0.3 is 14.0 Å². The van der Waals surface area contributed by atoms with Crippen LogP contribution in [0.15, 0.2) is 30.3 Å². The monoisotopic (exact) mass is 807 g/mol. The van der Waals surface area contributed by atoms with Crippen molar-refractivity contribution in [3.63, 3.8) is 0 Å². The molecule has 0 N–H and O–H groups in total. The Hall–Kier alpha value is -0.710. The molecule has 0 fully saturated rings. The number of ether oxygens (including phenoxy) is 2. The summed E-state index contributed by atoms with van der Waals surface area (Å²) in [6.07, 6.45) is 45.2. The van der Waals surface area contributed by atoms with E-state index in [0.29, 0.717) is 0 Å². The van der Waals surface area contributed by atoms with E-state index in [1.165, 1.54) is 193 Å². The van der Waals surface area contributed by atoms with Gasteiger partial charge >= 0.3 is 8.60 Å². The van der Waals surface area contributed by atoms with Gasteiger partial charge in [-0.15, -0.1) is 0 Å². The largest absolute Gasteiger partial charge is 0.427 e. The first-order valence-corrected chi connectivity index (χ1v) is 25.9. The smallest absolute Gasteiger partial charge is 0.402 e. The van der Waals surface area contributed by atoms with Crippen molar-refractivity contribution in [1.29, 1.82) is 0 Å². The Labute approximate surface area is 351 Å². The standard InChI is InChI=1S/C50H95O5P/c1-5-9-13-17-21-25-29-33-40-46-51-49(44-38-31-27-23-19-15-11-7-3)54-56(53-48-42-36-35-37-43-48)55-50(45-39-32-28-24-20-16-12-8-4)52-47-41-34-30-26-22-18-14-10-6-2/h35-37,42-43,49-50H,5-34,38-41,44-47H2,1-4H3. The lowest BCUT2D eigenvalue weighted by molar-refractivity contribution is -0.123. The summed E-state index contributed by atoms with van der Waals surface area (Å²) < 4.78 is 33.0. The molecule has 2 unspecified atom stereocenters. The average Bonchev–Trinajstić information content (AvgIpc) is 3.21. The molecule has 1 rings (SSSR count). The van der Waals surface area contributed by atoms with Gasteiger partial charge in [0.05, 0.1) is 0 Å². The van der Waals surface area contributed by atoms with Gasteiger partial charge in [-0.25, -0.2) is 0 Å². The molecule has 0 amide bonds. The first kappa shape index (κ1) is 53.3. The second-order valence-corrected chi connectivity index (χ2v) is 17.7. The highest BCUT2D eigenvalue weighted by molar-refractivity contribution is 7.42. The minimum Gasteiger partial charge on any atom is -0.427 e. The minimum absolute atomic E-state index is 0.333. The summed E-state index contributed by atoms with van der Waals surface area (Å²) in [5.74, 6) is 0.771. The zero-order valence-electron chi connectivity index (χ0n) is 37.9. The van der Waals surface area contributed by atoms with Gasteiger partial charge in [-0.05, 0) is 50.7 Å². The Morgan fingerprint density at radius 1 is 0.357 bits per heavy atom. The Bertz CT molecular complexity index is 822. The second kappa shape index (κ2) is 43.9. The molecule has 1 aromatic carbocycles. The molecule has 0 heterocycles. The second-order valence-electron chi connectivity index (χ2n) is 16.6. The van der Waals surface area contributed by atoms with Crippen LogP contribution in [0.2, 0.25) is 0 Å². The van der Waals surface area contributed by atoms with Gasteiger partial charge in [0.1, 0.15) is 5.75 Å². The highest BCUT2D eigenvalue weighted by atomic mass is 31.2. The van der Waals surface area contributed by atoms with Crippen molar-refractivity contribution >= 4 is 8.60 Å². The maximum atomic E-state index is 6.73. The molecular formula is C50H95O5P. The maximum Gasteiger partial charge on any atom is 0.402 e. The SMILES string of the molecule is CCCCCCCCCCCOC(CCCCCCCCCC)OP(Oc1ccccc1)OC(CCCCCCCCCC)OCCCCCCCCCCC.